The van der Waals surface area contributed by atoms with Crippen LogP contribution in [0.15, 0.2) is 42.9 Å². The lowest BCUT2D eigenvalue weighted by Crippen LogP contribution is -2.13. The summed E-state index contributed by atoms with van der Waals surface area (Å²) in [5.74, 6) is -0.468. The van der Waals surface area contributed by atoms with Crippen molar-refractivity contribution in [2.45, 2.75) is 32.1 Å². The zero-order valence-corrected chi connectivity index (χ0v) is 11.5. The summed E-state index contributed by atoms with van der Waals surface area (Å²) in [5.41, 5.74) is 8.02. The zero-order valence-electron chi connectivity index (χ0n) is 11.5. The van der Waals surface area contributed by atoms with E-state index in [4.69, 9.17) is 5.73 Å². The van der Waals surface area contributed by atoms with Gasteiger partial charge >= 0.3 is 0 Å². The summed E-state index contributed by atoms with van der Waals surface area (Å²) in [7, 11) is 0. The van der Waals surface area contributed by atoms with Gasteiger partial charge in [0.25, 0.3) is 5.91 Å². The number of nitrogens with zero attached hydrogens (tertiary/aromatic N) is 2. The van der Waals surface area contributed by atoms with Crippen molar-refractivity contribution in [1.82, 2.24) is 9.97 Å². The van der Waals surface area contributed by atoms with Gasteiger partial charge in [0.2, 0.25) is 0 Å². The van der Waals surface area contributed by atoms with Gasteiger partial charge in [0.1, 0.15) is 5.69 Å². The molecular weight excluding hydrogens is 250 g/mol. The number of aryl methyl sites for hydroxylation is 2. The third kappa shape index (κ3) is 4.46. The monoisotopic (exact) mass is 269 g/mol. The second kappa shape index (κ2) is 7.38. The molecule has 0 unspecified atom stereocenters. The number of nitrogens with two attached hydrogens (primary N) is 1. The predicted molar refractivity (Wildman–Crippen MR) is 78.3 cm³/mol. The van der Waals surface area contributed by atoms with Gasteiger partial charge < -0.3 is 5.73 Å². The second-order valence-corrected chi connectivity index (χ2v) is 4.83. The van der Waals surface area contributed by atoms with Crippen molar-refractivity contribution in [2.75, 3.05) is 0 Å². The van der Waals surface area contributed by atoms with Gasteiger partial charge in [-0.15, -0.1) is 0 Å². The van der Waals surface area contributed by atoms with Crippen LogP contribution in [0.2, 0.25) is 0 Å². The molecule has 0 aliphatic carbocycles. The van der Waals surface area contributed by atoms with Gasteiger partial charge in [-0.1, -0.05) is 6.42 Å². The van der Waals surface area contributed by atoms with Crippen LogP contribution in [0.3, 0.4) is 0 Å². The molecule has 2 aromatic heterocycles. The first-order chi connectivity index (χ1) is 9.75. The Morgan fingerprint density at radius 3 is 2.30 bits per heavy atom. The highest BCUT2D eigenvalue weighted by Gasteiger charge is 2.02. The molecule has 2 heterocycles. The Morgan fingerprint density at radius 1 is 0.950 bits per heavy atom. The van der Waals surface area contributed by atoms with Gasteiger partial charge in [0.05, 0.1) is 0 Å². The molecule has 1 amide bonds. The molecule has 2 rings (SSSR count). The molecule has 0 atom stereocenters. The summed E-state index contributed by atoms with van der Waals surface area (Å²) in [6, 6.07) is 7.84. The molecule has 0 aliphatic heterocycles. The molecule has 104 valence electrons. The van der Waals surface area contributed by atoms with Crippen LogP contribution in [0.25, 0.3) is 0 Å². The Bertz CT molecular complexity index is 555. The topological polar surface area (TPSA) is 68.9 Å². The van der Waals surface area contributed by atoms with Gasteiger partial charge in [-0.2, -0.15) is 0 Å². The lowest BCUT2D eigenvalue weighted by molar-refractivity contribution is 0.0995. The SMILES string of the molecule is NC(=O)c1cc(CCCCCc2ccncc2)ccn1. The standard InChI is InChI=1S/C16H19N3O/c17-16(20)15-12-14(8-11-19-15)5-3-1-2-4-13-6-9-18-10-7-13/h6-12H,1-5H2,(H2,17,20). The number of pyridine rings is 2. The quantitative estimate of drug-likeness (QED) is 0.785. The van der Waals surface area contributed by atoms with E-state index in [1.807, 2.05) is 18.5 Å². The summed E-state index contributed by atoms with van der Waals surface area (Å²) in [5, 5.41) is 0. The van der Waals surface area contributed by atoms with E-state index in [-0.39, 0.29) is 0 Å². The fraction of sp³-hybridized carbons (Fsp3) is 0.312. The molecule has 4 heteroatoms. The van der Waals surface area contributed by atoms with Crippen LogP contribution in [0, 0.1) is 0 Å². The van der Waals surface area contributed by atoms with Crippen LogP contribution in [0.5, 0.6) is 0 Å². The third-order valence-electron chi connectivity index (χ3n) is 3.26. The molecule has 20 heavy (non-hydrogen) atoms. The fourth-order valence-electron chi connectivity index (χ4n) is 2.15. The number of hydrogen-bond donors (Lipinski definition) is 1. The molecule has 0 fully saturated rings. The Kier molecular flexibility index (Phi) is 5.24. The van der Waals surface area contributed by atoms with Crippen molar-refractivity contribution in [3.05, 3.63) is 59.7 Å². The number of rotatable bonds is 7. The number of primary amides is 1. The number of carbonyl (C=O) groups excluding carboxylic acids is 1. The number of carbonyl (C=O) groups is 1. The fourth-order valence-corrected chi connectivity index (χ4v) is 2.15. The Balaban J connectivity index is 1.71. The number of amides is 1. The molecule has 0 saturated heterocycles. The minimum Gasteiger partial charge on any atom is -0.364 e. The minimum absolute atomic E-state index is 0.347. The molecule has 0 aromatic carbocycles. The van der Waals surface area contributed by atoms with E-state index >= 15 is 0 Å². The van der Waals surface area contributed by atoms with Crippen molar-refractivity contribution in [2.24, 2.45) is 5.73 Å². The Hall–Kier alpha value is -2.23. The van der Waals surface area contributed by atoms with Crippen molar-refractivity contribution >= 4 is 5.91 Å². The van der Waals surface area contributed by atoms with E-state index in [0.29, 0.717) is 5.69 Å². The largest absolute Gasteiger partial charge is 0.364 e. The minimum atomic E-state index is -0.468. The normalized spacial score (nSPS) is 10.4. The molecule has 0 spiro atoms. The van der Waals surface area contributed by atoms with Crippen LogP contribution in [-0.4, -0.2) is 15.9 Å². The lowest BCUT2D eigenvalue weighted by atomic mass is 10.0. The Morgan fingerprint density at radius 2 is 1.60 bits per heavy atom. The zero-order chi connectivity index (χ0) is 14.2. The van der Waals surface area contributed by atoms with Crippen LogP contribution in [-0.2, 0) is 12.8 Å². The average molecular weight is 269 g/mol. The summed E-state index contributed by atoms with van der Waals surface area (Å²) in [4.78, 5) is 19.0. The van der Waals surface area contributed by atoms with E-state index in [1.54, 1.807) is 12.3 Å². The van der Waals surface area contributed by atoms with Crippen LogP contribution in [0.4, 0.5) is 0 Å². The molecular formula is C16H19N3O. The molecule has 0 saturated carbocycles. The molecule has 4 nitrogen and oxygen atoms in total. The number of unbranched alkanes of at least 4 members (excludes halogenated alkanes) is 2. The van der Waals surface area contributed by atoms with E-state index in [1.165, 1.54) is 5.56 Å². The van der Waals surface area contributed by atoms with E-state index < -0.39 is 5.91 Å². The van der Waals surface area contributed by atoms with E-state index in [0.717, 1.165) is 37.7 Å². The van der Waals surface area contributed by atoms with Crippen LogP contribution >= 0.6 is 0 Å². The summed E-state index contributed by atoms with van der Waals surface area (Å²) >= 11 is 0. The van der Waals surface area contributed by atoms with Gasteiger partial charge in [-0.3, -0.25) is 14.8 Å². The summed E-state index contributed by atoms with van der Waals surface area (Å²) in [6.45, 7) is 0. The molecule has 0 bridgehead atoms. The van der Waals surface area contributed by atoms with Gasteiger partial charge in [-0.25, -0.2) is 0 Å². The lowest BCUT2D eigenvalue weighted by Gasteiger charge is -2.03. The van der Waals surface area contributed by atoms with Crippen molar-refractivity contribution in [3.63, 3.8) is 0 Å². The van der Waals surface area contributed by atoms with E-state index in [2.05, 4.69) is 22.1 Å². The maximum atomic E-state index is 11.0. The smallest absolute Gasteiger partial charge is 0.267 e. The summed E-state index contributed by atoms with van der Waals surface area (Å²) < 4.78 is 0. The highest BCUT2D eigenvalue weighted by atomic mass is 16.1. The van der Waals surface area contributed by atoms with Gasteiger partial charge in [-0.05, 0) is 61.1 Å². The predicted octanol–water partition coefficient (Wildman–Crippen LogP) is 2.53. The van der Waals surface area contributed by atoms with Crippen LogP contribution in [0.1, 0.15) is 40.9 Å². The van der Waals surface area contributed by atoms with E-state index in [9.17, 15) is 4.79 Å². The molecule has 0 aliphatic rings. The highest BCUT2D eigenvalue weighted by Crippen LogP contribution is 2.10. The first-order valence-corrected chi connectivity index (χ1v) is 6.89. The highest BCUT2D eigenvalue weighted by molar-refractivity contribution is 5.90. The van der Waals surface area contributed by atoms with Gasteiger partial charge in [0, 0.05) is 18.6 Å². The first-order valence-electron chi connectivity index (χ1n) is 6.89. The third-order valence-corrected chi connectivity index (χ3v) is 3.26. The maximum Gasteiger partial charge on any atom is 0.267 e. The van der Waals surface area contributed by atoms with Gasteiger partial charge in [0.15, 0.2) is 0 Å². The average Bonchev–Trinajstić information content (AvgIpc) is 2.48. The first kappa shape index (κ1) is 14.2. The van der Waals surface area contributed by atoms with Crippen molar-refractivity contribution in [3.8, 4) is 0 Å². The molecule has 0 radical (unpaired) electrons. The maximum absolute atomic E-state index is 11.0. The second-order valence-electron chi connectivity index (χ2n) is 4.83. The van der Waals surface area contributed by atoms with Crippen LogP contribution < -0.4 is 5.73 Å². The molecule has 2 N–H and O–H groups in total. The number of hydrogen-bond acceptors (Lipinski definition) is 3. The van der Waals surface area contributed by atoms with Crippen molar-refractivity contribution in [1.29, 1.82) is 0 Å². The number of aromatic nitrogens is 2. The molecule has 2 aromatic rings. The van der Waals surface area contributed by atoms with Crippen molar-refractivity contribution < 1.29 is 4.79 Å². The Labute approximate surface area is 119 Å². The summed E-state index contributed by atoms with van der Waals surface area (Å²) in [6.07, 6.45) is 10.8.